The van der Waals surface area contributed by atoms with E-state index in [1.54, 1.807) is 0 Å². The van der Waals surface area contributed by atoms with Crippen molar-refractivity contribution in [1.82, 2.24) is 15.1 Å². The van der Waals surface area contributed by atoms with Crippen LogP contribution >= 0.6 is 0 Å². The van der Waals surface area contributed by atoms with Gasteiger partial charge in [-0.1, -0.05) is 0 Å². The zero-order chi connectivity index (χ0) is 13.1. The van der Waals surface area contributed by atoms with Gasteiger partial charge in [0.25, 0.3) is 5.91 Å². The Morgan fingerprint density at radius 2 is 2.28 bits per heavy atom. The van der Waals surface area contributed by atoms with E-state index in [4.69, 9.17) is 9.47 Å². The van der Waals surface area contributed by atoms with Gasteiger partial charge in [0.15, 0.2) is 6.10 Å². The van der Waals surface area contributed by atoms with E-state index in [0.29, 0.717) is 26.4 Å². The van der Waals surface area contributed by atoms with Gasteiger partial charge < -0.3 is 14.8 Å². The summed E-state index contributed by atoms with van der Waals surface area (Å²) in [6.07, 6.45) is -0.490. The fraction of sp³-hybridized carbons (Fsp3) is 0.667. The lowest BCUT2D eigenvalue weighted by Gasteiger charge is -2.22. The maximum atomic E-state index is 11.9. The first-order chi connectivity index (χ1) is 8.59. The number of amides is 1. The number of carbonyl (C=O) groups excluding carboxylic acids is 1. The van der Waals surface area contributed by atoms with Crippen LogP contribution in [0.5, 0.6) is 0 Å². The van der Waals surface area contributed by atoms with Crippen LogP contribution in [0.15, 0.2) is 0 Å². The van der Waals surface area contributed by atoms with Gasteiger partial charge in [0.05, 0.1) is 25.5 Å². The number of nitrogens with one attached hydrogen (secondary N) is 1. The molecule has 1 aromatic rings. The largest absolute Gasteiger partial charge is 0.376 e. The van der Waals surface area contributed by atoms with E-state index in [-0.39, 0.29) is 5.91 Å². The number of carbonyl (C=O) groups is 1. The molecule has 1 aliphatic rings. The molecular weight excluding hydrogens is 234 g/mol. The van der Waals surface area contributed by atoms with E-state index < -0.39 is 6.10 Å². The van der Waals surface area contributed by atoms with Gasteiger partial charge in [0, 0.05) is 24.8 Å². The highest BCUT2D eigenvalue weighted by Gasteiger charge is 2.22. The minimum atomic E-state index is -0.490. The second kappa shape index (κ2) is 5.49. The lowest BCUT2D eigenvalue weighted by atomic mass is 10.2. The average Bonchev–Trinajstić information content (AvgIpc) is 2.62. The highest BCUT2D eigenvalue weighted by atomic mass is 16.6. The van der Waals surface area contributed by atoms with Crippen molar-refractivity contribution in [1.29, 1.82) is 0 Å². The van der Waals surface area contributed by atoms with Gasteiger partial charge in [0.2, 0.25) is 0 Å². The summed E-state index contributed by atoms with van der Waals surface area (Å²) < 4.78 is 12.4. The third kappa shape index (κ3) is 2.70. The Kier molecular flexibility index (Phi) is 3.98. The molecule has 0 bridgehead atoms. The molecule has 0 spiro atoms. The first-order valence-corrected chi connectivity index (χ1v) is 6.05. The van der Waals surface area contributed by atoms with Crippen LogP contribution in [0.3, 0.4) is 0 Å². The Morgan fingerprint density at radius 3 is 2.83 bits per heavy atom. The molecule has 6 nitrogen and oxygen atoms in total. The standard InChI is InChI=1S/C12H19N3O3/c1-8-10(9(2)15(3)14-8)6-13-12(16)11-7-17-4-5-18-11/h11H,4-7H2,1-3H3,(H,13,16). The van der Waals surface area contributed by atoms with Gasteiger partial charge in [-0.05, 0) is 13.8 Å². The van der Waals surface area contributed by atoms with Gasteiger partial charge in [0.1, 0.15) is 0 Å². The Bertz CT molecular complexity index is 436. The van der Waals surface area contributed by atoms with Crippen molar-refractivity contribution in [3.8, 4) is 0 Å². The van der Waals surface area contributed by atoms with E-state index in [1.807, 2.05) is 25.6 Å². The second-order valence-corrected chi connectivity index (χ2v) is 4.43. The Balaban J connectivity index is 1.92. The summed E-state index contributed by atoms with van der Waals surface area (Å²) in [5.74, 6) is -0.127. The number of hydrogen-bond acceptors (Lipinski definition) is 4. The van der Waals surface area contributed by atoms with Crippen molar-refractivity contribution >= 4 is 5.91 Å². The number of nitrogens with zero attached hydrogens (tertiary/aromatic N) is 2. The maximum absolute atomic E-state index is 11.9. The van der Waals surface area contributed by atoms with Crippen molar-refractivity contribution in [2.45, 2.75) is 26.5 Å². The van der Waals surface area contributed by atoms with Crippen molar-refractivity contribution in [3.05, 3.63) is 17.0 Å². The summed E-state index contributed by atoms with van der Waals surface area (Å²) in [4.78, 5) is 11.9. The molecule has 1 N–H and O–H groups in total. The predicted octanol–water partition coefficient (Wildman–Crippen LogP) is 0.0685. The number of rotatable bonds is 3. The monoisotopic (exact) mass is 253 g/mol. The molecule has 0 aromatic carbocycles. The van der Waals surface area contributed by atoms with E-state index >= 15 is 0 Å². The van der Waals surface area contributed by atoms with Crippen LogP contribution in [0.2, 0.25) is 0 Å². The first kappa shape index (κ1) is 13.0. The molecule has 1 unspecified atom stereocenters. The minimum Gasteiger partial charge on any atom is -0.376 e. The first-order valence-electron chi connectivity index (χ1n) is 6.05. The Morgan fingerprint density at radius 1 is 1.50 bits per heavy atom. The molecule has 1 amide bonds. The molecule has 2 rings (SSSR count). The van der Waals surface area contributed by atoms with Crippen LogP contribution < -0.4 is 5.32 Å². The second-order valence-electron chi connectivity index (χ2n) is 4.43. The van der Waals surface area contributed by atoms with E-state index in [0.717, 1.165) is 17.0 Å². The average molecular weight is 253 g/mol. The highest BCUT2D eigenvalue weighted by Crippen LogP contribution is 2.11. The molecule has 0 radical (unpaired) electrons. The third-order valence-electron chi connectivity index (χ3n) is 3.21. The van der Waals surface area contributed by atoms with Crippen LogP contribution in [-0.2, 0) is 27.9 Å². The van der Waals surface area contributed by atoms with Crippen molar-refractivity contribution in [3.63, 3.8) is 0 Å². The van der Waals surface area contributed by atoms with Gasteiger partial charge in [-0.2, -0.15) is 5.10 Å². The van der Waals surface area contributed by atoms with Crippen molar-refractivity contribution in [2.24, 2.45) is 7.05 Å². The van der Waals surface area contributed by atoms with Crippen LogP contribution in [-0.4, -0.2) is 41.6 Å². The maximum Gasteiger partial charge on any atom is 0.251 e. The van der Waals surface area contributed by atoms with Crippen LogP contribution in [0, 0.1) is 13.8 Å². The van der Waals surface area contributed by atoms with Crippen LogP contribution in [0.25, 0.3) is 0 Å². The molecule has 1 fully saturated rings. The lowest BCUT2D eigenvalue weighted by molar-refractivity contribution is -0.147. The SMILES string of the molecule is Cc1nn(C)c(C)c1CNC(=O)C1COCCO1. The lowest BCUT2D eigenvalue weighted by Crippen LogP contribution is -2.42. The summed E-state index contributed by atoms with van der Waals surface area (Å²) in [6, 6.07) is 0. The minimum absolute atomic E-state index is 0.127. The summed E-state index contributed by atoms with van der Waals surface area (Å²) in [5, 5.41) is 7.18. The predicted molar refractivity (Wildman–Crippen MR) is 65.1 cm³/mol. The molecular formula is C12H19N3O3. The number of ether oxygens (including phenoxy) is 2. The Hall–Kier alpha value is -1.40. The summed E-state index contributed by atoms with van der Waals surface area (Å²) >= 11 is 0. The fourth-order valence-electron chi connectivity index (χ4n) is 2.00. The van der Waals surface area contributed by atoms with E-state index in [9.17, 15) is 4.79 Å². The summed E-state index contributed by atoms with van der Waals surface area (Å²) in [6.45, 7) is 5.77. The Labute approximate surface area is 106 Å². The quantitative estimate of drug-likeness (QED) is 0.828. The zero-order valence-electron chi connectivity index (χ0n) is 11.0. The molecule has 100 valence electrons. The summed E-state index contributed by atoms with van der Waals surface area (Å²) in [7, 11) is 1.89. The summed E-state index contributed by atoms with van der Waals surface area (Å²) in [5.41, 5.74) is 3.06. The van der Waals surface area contributed by atoms with Crippen LogP contribution in [0.1, 0.15) is 17.0 Å². The highest BCUT2D eigenvalue weighted by molar-refractivity contribution is 5.81. The van der Waals surface area contributed by atoms with Crippen molar-refractivity contribution in [2.75, 3.05) is 19.8 Å². The van der Waals surface area contributed by atoms with Gasteiger partial charge >= 0.3 is 0 Å². The van der Waals surface area contributed by atoms with E-state index in [2.05, 4.69) is 10.4 Å². The number of aromatic nitrogens is 2. The molecule has 18 heavy (non-hydrogen) atoms. The normalized spacial score (nSPS) is 19.8. The molecule has 0 aliphatic carbocycles. The number of aryl methyl sites for hydroxylation is 2. The topological polar surface area (TPSA) is 65.4 Å². The fourth-order valence-corrected chi connectivity index (χ4v) is 2.00. The molecule has 6 heteroatoms. The van der Waals surface area contributed by atoms with Crippen molar-refractivity contribution < 1.29 is 14.3 Å². The molecule has 1 saturated heterocycles. The molecule has 1 aromatic heterocycles. The smallest absolute Gasteiger partial charge is 0.251 e. The third-order valence-corrected chi connectivity index (χ3v) is 3.21. The molecule has 0 saturated carbocycles. The van der Waals surface area contributed by atoms with Gasteiger partial charge in [-0.25, -0.2) is 0 Å². The molecule has 2 heterocycles. The molecule has 1 atom stereocenters. The van der Waals surface area contributed by atoms with Gasteiger partial charge in [-0.3, -0.25) is 9.48 Å². The van der Waals surface area contributed by atoms with Gasteiger partial charge in [-0.15, -0.1) is 0 Å². The number of hydrogen-bond donors (Lipinski definition) is 1. The van der Waals surface area contributed by atoms with E-state index in [1.165, 1.54) is 0 Å². The van der Waals surface area contributed by atoms with Crippen LogP contribution in [0.4, 0.5) is 0 Å². The molecule has 1 aliphatic heterocycles. The zero-order valence-corrected chi connectivity index (χ0v) is 11.0.